The van der Waals surface area contributed by atoms with Crippen LogP contribution in [-0.2, 0) is 6.42 Å². The van der Waals surface area contributed by atoms with Crippen LogP contribution in [-0.4, -0.2) is 42.6 Å². The Labute approximate surface area is 206 Å². The smallest absolute Gasteiger partial charge is 0.222 e. The summed E-state index contributed by atoms with van der Waals surface area (Å²) in [5.41, 5.74) is 19.3. The fourth-order valence-electron chi connectivity index (χ4n) is 4.41. The van der Waals surface area contributed by atoms with Crippen LogP contribution in [0.2, 0.25) is 0 Å². The molecule has 0 bridgehead atoms. The van der Waals surface area contributed by atoms with Gasteiger partial charge in [0.1, 0.15) is 23.6 Å². The maximum Gasteiger partial charge on any atom is 0.222 e. The number of aromatic amines is 2. The molecular formula is C27H24N8O. The Kier molecular flexibility index (Phi) is 5.51. The summed E-state index contributed by atoms with van der Waals surface area (Å²) >= 11 is 0. The van der Waals surface area contributed by atoms with Crippen molar-refractivity contribution in [3.05, 3.63) is 85.1 Å². The van der Waals surface area contributed by atoms with Crippen LogP contribution >= 0.6 is 0 Å². The van der Waals surface area contributed by atoms with Crippen LogP contribution in [0.25, 0.3) is 44.5 Å². The molecule has 9 nitrogen and oxygen atoms in total. The highest BCUT2D eigenvalue weighted by atomic mass is 16.5. The van der Waals surface area contributed by atoms with E-state index in [0.29, 0.717) is 30.1 Å². The first-order chi connectivity index (χ1) is 17.6. The van der Waals surface area contributed by atoms with Gasteiger partial charge in [0.2, 0.25) is 5.95 Å². The van der Waals surface area contributed by atoms with E-state index in [1.807, 2.05) is 48.7 Å². The van der Waals surface area contributed by atoms with E-state index in [0.717, 1.165) is 27.7 Å². The van der Waals surface area contributed by atoms with Gasteiger partial charge in [-0.05, 0) is 35.7 Å². The Hall–Kier alpha value is -4.76. The molecule has 0 spiro atoms. The van der Waals surface area contributed by atoms with Crippen molar-refractivity contribution < 1.29 is 4.74 Å². The highest BCUT2D eigenvalue weighted by Crippen LogP contribution is 2.30. The average Bonchev–Trinajstić information content (AvgIpc) is 3.54. The summed E-state index contributed by atoms with van der Waals surface area (Å²) in [7, 11) is 0. The Morgan fingerprint density at radius 2 is 1.81 bits per heavy atom. The number of nitrogens with two attached hydrogens (primary N) is 2. The number of H-pyrrole nitrogens is 2. The van der Waals surface area contributed by atoms with Crippen LogP contribution < -0.4 is 16.2 Å². The summed E-state index contributed by atoms with van der Waals surface area (Å²) in [6.07, 6.45) is 7.81. The maximum absolute atomic E-state index is 6.40. The van der Waals surface area contributed by atoms with Gasteiger partial charge >= 0.3 is 0 Å². The lowest BCUT2D eigenvalue weighted by Gasteiger charge is -2.13. The monoisotopic (exact) mass is 476 g/mol. The van der Waals surface area contributed by atoms with E-state index < -0.39 is 0 Å². The van der Waals surface area contributed by atoms with E-state index in [4.69, 9.17) is 16.2 Å². The molecule has 1 unspecified atom stereocenters. The average molecular weight is 477 g/mol. The van der Waals surface area contributed by atoms with E-state index in [1.165, 1.54) is 10.9 Å². The molecule has 6 N–H and O–H groups in total. The lowest BCUT2D eigenvalue weighted by molar-refractivity contribution is 0.287. The zero-order chi connectivity index (χ0) is 24.5. The molecule has 6 rings (SSSR count). The molecule has 0 amide bonds. The highest BCUT2D eigenvalue weighted by molar-refractivity contribution is 5.89. The molecule has 36 heavy (non-hydrogen) atoms. The van der Waals surface area contributed by atoms with Gasteiger partial charge in [0.25, 0.3) is 0 Å². The predicted octanol–water partition coefficient (Wildman–Crippen LogP) is 4.09. The summed E-state index contributed by atoms with van der Waals surface area (Å²) in [5.74, 6) is 0.838. The molecule has 1 atom stereocenters. The maximum atomic E-state index is 6.40. The molecule has 178 valence electrons. The number of benzene rings is 2. The molecular weight excluding hydrogens is 452 g/mol. The third kappa shape index (κ3) is 4.23. The second-order valence-corrected chi connectivity index (χ2v) is 8.66. The predicted molar refractivity (Wildman–Crippen MR) is 140 cm³/mol. The minimum atomic E-state index is -0.156. The largest absolute Gasteiger partial charge is 0.490 e. The van der Waals surface area contributed by atoms with Crippen LogP contribution in [0.1, 0.15) is 5.56 Å². The van der Waals surface area contributed by atoms with Gasteiger partial charge in [-0.1, -0.05) is 36.4 Å². The Balaban J connectivity index is 1.19. The normalized spacial score (nSPS) is 12.2. The summed E-state index contributed by atoms with van der Waals surface area (Å²) in [6, 6.07) is 18.0. The zero-order valence-electron chi connectivity index (χ0n) is 19.3. The highest BCUT2D eigenvalue weighted by Gasteiger charge is 2.13. The molecule has 4 heterocycles. The van der Waals surface area contributed by atoms with Crippen molar-refractivity contribution >= 4 is 28.0 Å². The summed E-state index contributed by atoms with van der Waals surface area (Å²) in [5, 5.41) is 1.19. The summed E-state index contributed by atoms with van der Waals surface area (Å²) in [4.78, 5) is 23.6. The van der Waals surface area contributed by atoms with Crippen LogP contribution in [0, 0.1) is 0 Å². The van der Waals surface area contributed by atoms with E-state index in [2.05, 4.69) is 42.0 Å². The number of rotatable bonds is 7. The number of hydrogen-bond donors (Lipinski definition) is 4. The van der Waals surface area contributed by atoms with Gasteiger partial charge in [-0.3, -0.25) is 4.98 Å². The number of anilines is 1. The number of imidazole rings is 1. The second-order valence-electron chi connectivity index (χ2n) is 8.66. The molecule has 0 radical (unpaired) electrons. The van der Waals surface area contributed by atoms with Gasteiger partial charge in [-0.25, -0.2) is 9.97 Å². The molecule has 6 aromatic rings. The molecule has 0 saturated heterocycles. The lowest BCUT2D eigenvalue weighted by Crippen LogP contribution is -2.30. The minimum absolute atomic E-state index is 0.156. The van der Waals surface area contributed by atoms with Gasteiger partial charge < -0.3 is 26.2 Å². The topological polar surface area (TPSA) is 144 Å². The number of para-hydroxylation sites is 1. The number of hydrogen-bond acceptors (Lipinski definition) is 7. The van der Waals surface area contributed by atoms with Crippen molar-refractivity contribution in [1.82, 2.24) is 29.9 Å². The van der Waals surface area contributed by atoms with Crippen molar-refractivity contribution in [2.45, 2.75) is 12.5 Å². The molecule has 0 aliphatic rings. The van der Waals surface area contributed by atoms with Crippen molar-refractivity contribution in [3.63, 3.8) is 0 Å². The summed E-state index contributed by atoms with van der Waals surface area (Å²) < 4.78 is 6.02. The molecule has 0 aliphatic heterocycles. The first-order valence-corrected chi connectivity index (χ1v) is 11.6. The number of aromatic nitrogens is 6. The SMILES string of the molecule is Nc1nc(-c2cccc(-c3cncc(OCC(N)Cc4c[nH]c5ccccc45)c3)c2)c2[nH]cnc2n1. The van der Waals surface area contributed by atoms with Gasteiger partial charge in [-0.2, -0.15) is 4.98 Å². The van der Waals surface area contributed by atoms with Crippen molar-refractivity contribution in [3.8, 4) is 28.1 Å². The molecule has 2 aromatic carbocycles. The van der Waals surface area contributed by atoms with Crippen molar-refractivity contribution in [2.75, 3.05) is 12.3 Å². The number of nitrogen functional groups attached to an aromatic ring is 1. The second kappa shape index (κ2) is 9.12. The molecule has 0 aliphatic carbocycles. The van der Waals surface area contributed by atoms with Gasteiger partial charge in [0.15, 0.2) is 5.65 Å². The lowest BCUT2D eigenvalue weighted by atomic mass is 10.0. The number of pyridine rings is 1. The third-order valence-corrected chi connectivity index (χ3v) is 6.11. The van der Waals surface area contributed by atoms with Gasteiger partial charge in [0, 0.05) is 40.5 Å². The minimum Gasteiger partial charge on any atom is -0.490 e. The summed E-state index contributed by atoms with van der Waals surface area (Å²) in [6.45, 7) is 0.378. The van der Waals surface area contributed by atoms with Gasteiger partial charge in [-0.15, -0.1) is 0 Å². The standard InChI is InChI=1S/C27H24N8O/c28-20(9-19-12-31-23-7-2-1-6-22(19)23)14-36-21-10-18(11-30-13-21)16-4-3-5-17(8-16)24-25-26(33-15-32-25)35-27(29)34-24/h1-8,10-13,15,20,31H,9,14,28H2,(H3,29,32,33,34,35). The number of ether oxygens (including phenoxy) is 1. The Morgan fingerprint density at radius 3 is 2.75 bits per heavy atom. The van der Waals surface area contributed by atoms with Crippen molar-refractivity contribution in [1.29, 1.82) is 0 Å². The third-order valence-electron chi connectivity index (χ3n) is 6.11. The van der Waals surface area contributed by atoms with Crippen LogP contribution in [0.3, 0.4) is 0 Å². The molecule has 9 heteroatoms. The number of nitrogens with one attached hydrogen (secondary N) is 2. The molecule has 0 saturated carbocycles. The van der Waals surface area contributed by atoms with E-state index in [9.17, 15) is 0 Å². The first kappa shape index (κ1) is 21.8. The number of fused-ring (bicyclic) bond motifs is 2. The van der Waals surface area contributed by atoms with Crippen LogP contribution in [0.5, 0.6) is 5.75 Å². The first-order valence-electron chi connectivity index (χ1n) is 11.6. The fourth-order valence-corrected chi connectivity index (χ4v) is 4.41. The van der Waals surface area contributed by atoms with Crippen LogP contribution in [0.4, 0.5) is 5.95 Å². The van der Waals surface area contributed by atoms with E-state index >= 15 is 0 Å². The quantitative estimate of drug-likeness (QED) is 0.271. The zero-order valence-corrected chi connectivity index (χ0v) is 19.3. The molecule has 0 fully saturated rings. The van der Waals surface area contributed by atoms with Crippen molar-refractivity contribution in [2.24, 2.45) is 5.73 Å². The Morgan fingerprint density at radius 1 is 0.917 bits per heavy atom. The fraction of sp³-hybridized carbons (Fsp3) is 0.111. The number of nitrogens with zero attached hydrogens (tertiary/aromatic N) is 4. The van der Waals surface area contributed by atoms with E-state index in [-0.39, 0.29) is 12.0 Å². The molecule has 4 aromatic heterocycles. The van der Waals surface area contributed by atoms with Gasteiger partial charge in [0.05, 0.1) is 12.5 Å². The van der Waals surface area contributed by atoms with E-state index in [1.54, 1.807) is 18.7 Å². The van der Waals surface area contributed by atoms with Crippen LogP contribution in [0.15, 0.2) is 79.5 Å². The Bertz CT molecular complexity index is 1670.